The molecule has 1 aromatic heterocycles. The van der Waals surface area contributed by atoms with Gasteiger partial charge in [0.25, 0.3) is 0 Å². The van der Waals surface area contributed by atoms with E-state index in [1.165, 1.54) is 0 Å². The van der Waals surface area contributed by atoms with E-state index in [4.69, 9.17) is 0 Å². The molecule has 0 amide bonds. The van der Waals surface area contributed by atoms with Gasteiger partial charge in [-0.15, -0.1) is 10.2 Å². The van der Waals surface area contributed by atoms with Gasteiger partial charge in [0.2, 0.25) is 0 Å². The molecule has 0 saturated heterocycles. The summed E-state index contributed by atoms with van der Waals surface area (Å²) < 4.78 is 2.10. The number of aromatic nitrogens is 3. The number of rotatable bonds is 0. The molecule has 0 saturated carbocycles. The number of likely N-dealkylation sites (N-methyl/N-ethyl adjacent to an activating group) is 1. The molecule has 4 nitrogen and oxygen atoms in total. The molecular formula is C6H10N4. The fourth-order valence-electron chi connectivity index (χ4n) is 1.19. The number of hydrogen-bond donors (Lipinski definition) is 0. The zero-order valence-corrected chi connectivity index (χ0v) is 5.99. The van der Waals surface area contributed by atoms with Crippen molar-refractivity contribution >= 4 is 0 Å². The van der Waals surface area contributed by atoms with Crippen molar-refractivity contribution < 1.29 is 0 Å². The first-order valence-electron chi connectivity index (χ1n) is 3.41. The van der Waals surface area contributed by atoms with E-state index in [0.717, 1.165) is 25.5 Å². The van der Waals surface area contributed by atoms with Crippen LogP contribution in [0.1, 0.15) is 5.82 Å². The molecule has 0 atom stereocenters. The lowest BCUT2D eigenvalue weighted by Gasteiger charge is -2.21. The lowest BCUT2D eigenvalue weighted by atomic mass is 10.4. The number of fused-ring (bicyclic) bond motifs is 1. The van der Waals surface area contributed by atoms with Gasteiger partial charge in [0.05, 0.1) is 6.54 Å². The average Bonchev–Trinajstić information content (AvgIpc) is 2.33. The largest absolute Gasteiger partial charge is 0.315 e. The Morgan fingerprint density at radius 3 is 3.30 bits per heavy atom. The second-order valence-corrected chi connectivity index (χ2v) is 2.68. The van der Waals surface area contributed by atoms with Crippen LogP contribution in [0.15, 0.2) is 6.33 Å². The third-order valence-electron chi connectivity index (χ3n) is 1.83. The van der Waals surface area contributed by atoms with Crippen LogP contribution in [-0.4, -0.2) is 33.3 Å². The van der Waals surface area contributed by atoms with Crippen LogP contribution in [0.3, 0.4) is 0 Å². The number of nitrogens with zero attached hydrogens (tertiary/aromatic N) is 4. The van der Waals surface area contributed by atoms with Gasteiger partial charge in [-0.3, -0.25) is 4.90 Å². The van der Waals surface area contributed by atoms with Crippen LogP contribution in [0.2, 0.25) is 0 Å². The van der Waals surface area contributed by atoms with Gasteiger partial charge in [0.15, 0.2) is 0 Å². The summed E-state index contributed by atoms with van der Waals surface area (Å²) in [5.74, 6) is 1.08. The molecule has 2 rings (SSSR count). The fraction of sp³-hybridized carbons (Fsp3) is 0.667. The zero-order chi connectivity index (χ0) is 6.97. The molecule has 4 heteroatoms. The monoisotopic (exact) mass is 138 g/mol. The Bertz CT molecular complexity index is 229. The molecule has 0 spiro atoms. The van der Waals surface area contributed by atoms with Crippen LogP contribution in [-0.2, 0) is 13.1 Å². The Balaban J connectivity index is 2.30. The quantitative estimate of drug-likeness (QED) is 0.494. The third-order valence-corrected chi connectivity index (χ3v) is 1.83. The molecule has 54 valence electrons. The summed E-state index contributed by atoms with van der Waals surface area (Å²) >= 11 is 0. The Morgan fingerprint density at radius 2 is 2.40 bits per heavy atom. The molecule has 0 N–H and O–H groups in total. The van der Waals surface area contributed by atoms with Gasteiger partial charge in [-0.05, 0) is 7.05 Å². The molecule has 2 heterocycles. The molecule has 1 aliphatic rings. The van der Waals surface area contributed by atoms with Crippen molar-refractivity contribution in [3.8, 4) is 0 Å². The predicted molar refractivity (Wildman–Crippen MR) is 36.4 cm³/mol. The predicted octanol–water partition coefficient (Wildman–Crippen LogP) is -0.276. The van der Waals surface area contributed by atoms with Gasteiger partial charge >= 0.3 is 0 Å². The summed E-state index contributed by atoms with van der Waals surface area (Å²) in [7, 11) is 2.10. The SMILES string of the molecule is CN1CCn2cnnc2C1. The lowest BCUT2D eigenvalue weighted by Crippen LogP contribution is -2.30. The van der Waals surface area contributed by atoms with Gasteiger partial charge in [-0.2, -0.15) is 0 Å². The highest BCUT2D eigenvalue weighted by Crippen LogP contribution is 2.05. The molecule has 10 heavy (non-hydrogen) atoms. The maximum Gasteiger partial charge on any atom is 0.147 e. The van der Waals surface area contributed by atoms with Crippen LogP contribution in [0.5, 0.6) is 0 Å². The van der Waals surface area contributed by atoms with Crippen molar-refractivity contribution in [2.45, 2.75) is 13.1 Å². The standard InChI is InChI=1S/C6H10N4/c1-9-2-3-10-5-7-8-6(10)4-9/h5H,2-4H2,1H3. The van der Waals surface area contributed by atoms with E-state index in [2.05, 4.69) is 26.7 Å². The van der Waals surface area contributed by atoms with Crippen LogP contribution in [0.25, 0.3) is 0 Å². The molecule has 0 fully saturated rings. The van der Waals surface area contributed by atoms with Gasteiger partial charge in [0, 0.05) is 13.1 Å². The topological polar surface area (TPSA) is 34.0 Å². The van der Waals surface area contributed by atoms with E-state index in [-0.39, 0.29) is 0 Å². The normalized spacial score (nSPS) is 18.9. The van der Waals surface area contributed by atoms with Crippen molar-refractivity contribution in [2.75, 3.05) is 13.6 Å². The molecule has 0 radical (unpaired) electrons. The maximum atomic E-state index is 3.98. The molecule has 0 unspecified atom stereocenters. The van der Waals surface area contributed by atoms with Gasteiger partial charge in [-0.1, -0.05) is 0 Å². The summed E-state index contributed by atoms with van der Waals surface area (Å²) in [5, 5.41) is 7.80. The van der Waals surface area contributed by atoms with Gasteiger partial charge < -0.3 is 4.57 Å². The Morgan fingerprint density at radius 1 is 1.50 bits per heavy atom. The molecule has 1 aliphatic heterocycles. The van der Waals surface area contributed by atoms with Gasteiger partial charge in [0.1, 0.15) is 12.2 Å². The number of hydrogen-bond acceptors (Lipinski definition) is 3. The second-order valence-electron chi connectivity index (χ2n) is 2.68. The fourth-order valence-corrected chi connectivity index (χ4v) is 1.19. The molecular weight excluding hydrogens is 128 g/mol. The van der Waals surface area contributed by atoms with Crippen molar-refractivity contribution in [1.29, 1.82) is 0 Å². The Labute approximate surface area is 59.5 Å². The third kappa shape index (κ3) is 0.806. The van der Waals surface area contributed by atoms with Crippen molar-refractivity contribution in [2.24, 2.45) is 0 Å². The summed E-state index contributed by atoms with van der Waals surface area (Å²) in [4.78, 5) is 2.24. The first kappa shape index (κ1) is 5.85. The van der Waals surface area contributed by atoms with Crippen LogP contribution in [0, 0.1) is 0 Å². The summed E-state index contributed by atoms with van der Waals surface area (Å²) in [6.45, 7) is 3.06. The van der Waals surface area contributed by atoms with E-state index in [0.29, 0.717) is 0 Å². The van der Waals surface area contributed by atoms with E-state index in [1.54, 1.807) is 6.33 Å². The Hall–Kier alpha value is -0.900. The Kier molecular flexibility index (Phi) is 1.20. The molecule has 0 aliphatic carbocycles. The highest BCUT2D eigenvalue weighted by atomic mass is 15.3. The van der Waals surface area contributed by atoms with E-state index in [9.17, 15) is 0 Å². The van der Waals surface area contributed by atoms with Crippen LogP contribution >= 0.6 is 0 Å². The summed E-state index contributed by atoms with van der Waals surface area (Å²) in [6, 6.07) is 0. The van der Waals surface area contributed by atoms with Gasteiger partial charge in [-0.25, -0.2) is 0 Å². The molecule has 0 aromatic carbocycles. The molecule has 0 bridgehead atoms. The van der Waals surface area contributed by atoms with Crippen molar-refractivity contribution in [3.05, 3.63) is 12.2 Å². The second kappa shape index (κ2) is 2.05. The minimum absolute atomic E-state index is 0.931. The highest BCUT2D eigenvalue weighted by Gasteiger charge is 2.12. The smallest absolute Gasteiger partial charge is 0.147 e. The first-order valence-corrected chi connectivity index (χ1v) is 3.41. The zero-order valence-electron chi connectivity index (χ0n) is 5.99. The average molecular weight is 138 g/mol. The summed E-state index contributed by atoms with van der Waals surface area (Å²) in [5.41, 5.74) is 0. The first-order chi connectivity index (χ1) is 4.86. The maximum absolute atomic E-state index is 3.98. The summed E-state index contributed by atoms with van der Waals surface area (Å²) in [6.07, 6.45) is 1.79. The molecule has 1 aromatic rings. The minimum Gasteiger partial charge on any atom is -0.315 e. The highest BCUT2D eigenvalue weighted by molar-refractivity contribution is 4.88. The minimum atomic E-state index is 0.931. The van der Waals surface area contributed by atoms with E-state index in [1.807, 2.05) is 0 Å². The van der Waals surface area contributed by atoms with E-state index >= 15 is 0 Å². The lowest BCUT2D eigenvalue weighted by molar-refractivity contribution is 0.264. The van der Waals surface area contributed by atoms with Crippen LogP contribution in [0.4, 0.5) is 0 Å². The van der Waals surface area contributed by atoms with Crippen molar-refractivity contribution in [1.82, 2.24) is 19.7 Å². The van der Waals surface area contributed by atoms with Crippen molar-refractivity contribution in [3.63, 3.8) is 0 Å². The van der Waals surface area contributed by atoms with E-state index < -0.39 is 0 Å². The van der Waals surface area contributed by atoms with Crippen LogP contribution < -0.4 is 0 Å².